The molecule has 0 radical (unpaired) electrons. The third-order valence-electron chi connectivity index (χ3n) is 3.55. The molecule has 0 aliphatic rings. The fraction of sp³-hybridized carbons (Fsp3) is 0.333. The molecule has 0 aliphatic heterocycles. The fourth-order valence-corrected chi connectivity index (χ4v) is 2.80. The first-order valence-corrected chi connectivity index (χ1v) is 7.20. The van der Waals surface area contributed by atoms with Crippen molar-refractivity contribution in [2.24, 2.45) is 7.05 Å². The van der Waals surface area contributed by atoms with Crippen LogP contribution in [0.5, 0.6) is 0 Å². The second kappa shape index (κ2) is 5.29. The van der Waals surface area contributed by atoms with Crippen molar-refractivity contribution in [3.05, 3.63) is 47.5 Å². The first-order chi connectivity index (χ1) is 9.69. The maximum absolute atomic E-state index is 6.04. The smallest absolute Gasteiger partial charge is 0.124 e. The van der Waals surface area contributed by atoms with Crippen LogP contribution in [0.1, 0.15) is 17.0 Å². The predicted molar refractivity (Wildman–Crippen MR) is 80.9 cm³/mol. The van der Waals surface area contributed by atoms with Crippen LogP contribution in [0.3, 0.4) is 0 Å². The van der Waals surface area contributed by atoms with Crippen LogP contribution in [-0.4, -0.2) is 19.3 Å². The Balaban J connectivity index is 1.97. The molecule has 0 saturated heterocycles. The van der Waals surface area contributed by atoms with E-state index in [4.69, 9.17) is 11.6 Å². The maximum Gasteiger partial charge on any atom is 0.124 e. The number of para-hydroxylation sites is 1. The number of alkyl halides is 1. The average molecular weight is 289 g/mol. The molecule has 20 heavy (non-hydrogen) atoms. The first kappa shape index (κ1) is 13.2. The molecule has 0 saturated carbocycles. The Morgan fingerprint density at radius 1 is 1.30 bits per heavy atom. The predicted octanol–water partition coefficient (Wildman–Crippen LogP) is 3.06. The zero-order chi connectivity index (χ0) is 14.1. The summed E-state index contributed by atoms with van der Waals surface area (Å²) < 4.78 is 4.06. The molecule has 2 heterocycles. The van der Waals surface area contributed by atoms with Crippen molar-refractivity contribution in [3.8, 4) is 0 Å². The monoisotopic (exact) mass is 288 g/mol. The second-order valence-corrected chi connectivity index (χ2v) is 5.30. The highest BCUT2D eigenvalue weighted by molar-refractivity contribution is 6.16. The van der Waals surface area contributed by atoms with E-state index in [0.717, 1.165) is 24.3 Å². The van der Waals surface area contributed by atoms with Gasteiger partial charge in [-0.1, -0.05) is 12.1 Å². The molecule has 0 bridgehead atoms. The minimum atomic E-state index is 0.432. The van der Waals surface area contributed by atoms with E-state index >= 15 is 0 Å². The summed E-state index contributed by atoms with van der Waals surface area (Å²) in [5, 5.41) is 4.20. The van der Waals surface area contributed by atoms with Gasteiger partial charge in [-0.25, -0.2) is 4.98 Å². The van der Waals surface area contributed by atoms with E-state index in [1.165, 1.54) is 16.6 Å². The number of imidazole rings is 1. The van der Waals surface area contributed by atoms with Crippen LogP contribution in [-0.2, 0) is 25.9 Å². The maximum atomic E-state index is 6.04. The molecule has 4 nitrogen and oxygen atoms in total. The van der Waals surface area contributed by atoms with E-state index in [0.29, 0.717) is 5.88 Å². The highest BCUT2D eigenvalue weighted by atomic mass is 35.5. The van der Waals surface area contributed by atoms with Gasteiger partial charge in [0.1, 0.15) is 5.82 Å². The Kier molecular flexibility index (Phi) is 3.49. The second-order valence-electron chi connectivity index (χ2n) is 5.03. The number of hydrogen-bond donors (Lipinski definition) is 0. The van der Waals surface area contributed by atoms with E-state index in [9.17, 15) is 0 Å². The number of hydrogen-bond acceptors (Lipinski definition) is 2. The third kappa shape index (κ3) is 2.31. The van der Waals surface area contributed by atoms with Gasteiger partial charge in [0.2, 0.25) is 0 Å². The van der Waals surface area contributed by atoms with Crippen LogP contribution in [0.15, 0.2) is 30.6 Å². The van der Waals surface area contributed by atoms with Crippen LogP contribution in [0.2, 0.25) is 0 Å². The average Bonchev–Trinajstić information content (AvgIpc) is 3.00. The molecule has 0 fully saturated rings. The largest absolute Gasteiger partial charge is 0.326 e. The third-order valence-corrected chi connectivity index (χ3v) is 3.79. The summed E-state index contributed by atoms with van der Waals surface area (Å²) in [4.78, 5) is 4.62. The van der Waals surface area contributed by atoms with E-state index in [-0.39, 0.29) is 0 Å². The lowest BCUT2D eigenvalue weighted by Gasteiger charge is -2.08. The van der Waals surface area contributed by atoms with Crippen molar-refractivity contribution < 1.29 is 0 Å². The van der Waals surface area contributed by atoms with Gasteiger partial charge >= 0.3 is 0 Å². The number of aryl methyl sites for hydroxylation is 4. The van der Waals surface area contributed by atoms with Crippen molar-refractivity contribution in [3.63, 3.8) is 0 Å². The van der Waals surface area contributed by atoms with Crippen LogP contribution in [0, 0.1) is 6.92 Å². The summed E-state index contributed by atoms with van der Waals surface area (Å²) >= 11 is 6.04. The quantitative estimate of drug-likeness (QED) is 0.692. The van der Waals surface area contributed by atoms with Crippen LogP contribution in [0.25, 0.3) is 11.0 Å². The van der Waals surface area contributed by atoms with Crippen LogP contribution in [0.4, 0.5) is 0 Å². The van der Waals surface area contributed by atoms with Crippen molar-refractivity contribution in [1.82, 2.24) is 19.3 Å². The number of rotatable bonds is 4. The molecule has 0 amide bonds. The van der Waals surface area contributed by atoms with Gasteiger partial charge in [-0.15, -0.1) is 11.6 Å². The van der Waals surface area contributed by atoms with Gasteiger partial charge in [0, 0.05) is 19.8 Å². The molecule has 1 aromatic carbocycles. The lowest BCUT2D eigenvalue weighted by Crippen LogP contribution is -2.05. The molecule has 3 rings (SSSR count). The van der Waals surface area contributed by atoms with Gasteiger partial charge in [0.05, 0.1) is 23.1 Å². The molecular formula is C15H17ClN4. The number of benzene rings is 1. The van der Waals surface area contributed by atoms with Crippen molar-refractivity contribution >= 4 is 22.6 Å². The summed E-state index contributed by atoms with van der Waals surface area (Å²) in [7, 11) is 1.93. The molecule has 0 N–H and O–H groups in total. The molecule has 3 aromatic rings. The highest BCUT2D eigenvalue weighted by Crippen LogP contribution is 2.21. The lowest BCUT2D eigenvalue weighted by atomic mass is 10.2. The fourth-order valence-electron chi connectivity index (χ4n) is 2.60. The first-order valence-electron chi connectivity index (χ1n) is 6.67. The van der Waals surface area contributed by atoms with Gasteiger partial charge in [-0.2, -0.15) is 5.10 Å². The van der Waals surface area contributed by atoms with E-state index in [1.807, 2.05) is 36.3 Å². The Labute approximate surface area is 123 Å². The summed E-state index contributed by atoms with van der Waals surface area (Å²) in [5.74, 6) is 1.36. The highest BCUT2D eigenvalue weighted by Gasteiger charge is 2.11. The molecule has 2 aromatic heterocycles. The Bertz CT molecular complexity index is 741. The Hall–Kier alpha value is -1.81. The number of halogens is 1. The topological polar surface area (TPSA) is 35.6 Å². The van der Waals surface area contributed by atoms with Gasteiger partial charge in [0.25, 0.3) is 0 Å². The molecule has 0 atom stereocenters. The van der Waals surface area contributed by atoms with Gasteiger partial charge in [-0.3, -0.25) is 4.68 Å². The van der Waals surface area contributed by atoms with E-state index in [2.05, 4.69) is 27.6 Å². The van der Waals surface area contributed by atoms with Gasteiger partial charge in [0.15, 0.2) is 0 Å². The standard InChI is InChI=1S/C15H17ClN4/c1-11-4-3-5-13-15(11)20(14(8-16)18-13)7-6-12-9-17-19(2)10-12/h3-5,9-10H,6-8H2,1-2H3. The lowest BCUT2D eigenvalue weighted by molar-refractivity contribution is 0.686. The molecular weight excluding hydrogens is 272 g/mol. The van der Waals surface area contributed by atoms with Crippen molar-refractivity contribution in [2.45, 2.75) is 25.8 Å². The molecule has 0 aliphatic carbocycles. The summed E-state index contributed by atoms with van der Waals surface area (Å²) in [6.45, 7) is 2.98. The van der Waals surface area contributed by atoms with E-state index < -0.39 is 0 Å². The van der Waals surface area contributed by atoms with E-state index in [1.54, 1.807) is 0 Å². The molecule has 0 spiro atoms. The van der Waals surface area contributed by atoms with Gasteiger partial charge in [-0.05, 0) is 30.5 Å². The minimum absolute atomic E-state index is 0.432. The Morgan fingerprint density at radius 3 is 2.85 bits per heavy atom. The van der Waals surface area contributed by atoms with Crippen LogP contribution >= 0.6 is 11.6 Å². The van der Waals surface area contributed by atoms with Crippen LogP contribution < -0.4 is 0 Å². The Morgan fingerprint density at radius 2 is 2.15 bits per heavy atom. The number of nitrogens with zero attached hydrogens (tertiary/aromatic N) is 4. The van der Waals surface area contributed by atoms with Gasteiger partial charge < -0.3 is 4.57 Å². The minimum Gasteiger partial charge on any atom is -0.326 e. The number of fused-ring (bicyclic) bond motifs is 1. The summed E-state index contributed by atoms with van der Waals surface area (Å²) in [5.41, 5.74) is 4.67. The summed E-state index contributed by atoms with van der Waals surface area (Å²) in [6, 6.07) is 6.19. The molecule has 104 valence electrons. The zero-order valence-electron chi connectivity index (χ0n) is 11.7. The number of aromatic nitrogens is 4. The normalized spacial score (nSPS) is 11.3. The van der Waals surface area contributed by atoms with Crippen molar-refractivity contribution in [1.29, 1.82) is 0 Å². The summed E-state index contributed by atoms with van der Waals surface area (Å²) in [6.07, 6.45) is 4.89. The zero-order valence-corrected chi connectivity index (χ0v) is 12.4. The SMILES string of the molecule is Cc1cccc2nc(CCl)n(CCc3cnn(C)c3)c12. The molecule has 5 heteroatoms. The molecule has 0 unspecified atom stereocenters. The van der Waals surface area contributed by atoms with Crippen molar-refractivity contribution in [2.75, 3.05) is 0 Å².